The van der Waals surface area contributed by atoms with Gasteiger partial charge in [0, 0.05) is 28.3 Å². The molecule has 0 saturated carbocycles. The van der Waals surface area contributed by atoms with Crippen molar-refractivity contribution in [1.29, 1.82) is 0 Å². The summed E-state index contributed by atoms with van der Waals surface area (Å²) >= 11 is 1.28. The van der Waals surface area contributed by atoms with Crippen LogP contribution < -0.4 is 0 Å². The first-order valence-corrected chi connectivity index (χ1v) is 9.64. The third-order valence-electron chi connectivity index (χ3n) is 3.29. The van der Waals surface area contributed by atoms with E-state index in [4.69, 9.17) is 0 Å². The minimum absolute atomic E-state index is 0.129. The van der Waals surface area contributed by atoms with Gasteiger partial charge in [-0.15, -0.1) is 11.8 Å². The van der Waals surface area contributed by atoms with Crippen molar-refractivity contribution in [1.82, 2.24) is 0 Å². The number of aryl methyl sites for hydroxylation is 1. The van der Waals surface area contributed by atoms with Gasteiger partial charge in [0.05, 0.1) is 4.92 Å². The zero-order chi connectivity index (χ0) is 17.7. The highest BCUT2D eigenvalue weighted by Gasteiger charge is 2.31. The lowest BCUT2D eigenvalue weighted by atomic mass is 10.2. The number of nitro groups is 1. The highest BCUT2D eigenvalue weighted by atomic mass is 32.2. The van der Waals surface area contributed by atoms with Crippen molar-refractivity contribution >= 4 is 25.0 Å². The summed E-state index contributed by atoms with van der Waals surface area (Å²) in [4.78, 5) is 29.0. The Balaban J connectivity index is 2.21. The summed E-state index contributed by atoms with van der Waals surface area (Å²) in [6, 6.07) is 13.3. The van der Waals surface area contributed by atoms with Gasteiger partial charge in [-0.05, 0) is 18.1 Å². The van der Waals surface area contributed by atoms with Crippen LogP contribution in [0.2, 0.25) is 0 Å². The molecule has 0 heterocycles. The minimum atomic E-state index is -4.83. The van der Waals surface area contributed by atoms with Crippen LogP contribution in [0.3, 0.4) is 0 Å². The fourth-order valence-corrected chi connectivity index (χ4v) is 3.81. The average Bonchev–Trinajstić information content (AvgIpc) is 2.54. The van der Waals surface area contributed by atoms with Crippen LogP contribution in [0, 0.1) is 10.1 Å². The Morgan fingerprint density at radius 3 is 2.42 bits per heavy atom. The molecule has 0 aliphatic heterocycles. The molecule has 0 fully saturated rings. The van der Waals surface area contributed by atoms with E-state index in [9.17, 15) is 29.6 Å². The summed E-state index contributed by atoms with van der Waals surface area (Å²) in [5, 5.41) is 20.7. The van der Waals surface area contributed by atoms with E-state index in [-0.39, 0.29) is 11.3 Å². The summed E-state index contributed by atoms with van der Waals surface area (Å²) in [5.74, 6) is -1.49. The second kappa shape index (κ2) is 7.92. The molecule has 2 aromatic rings. The molecule has 7 nitrogen and oxygen atoms in total. The van der Waals surface area contributed by atoms with E-state index < -0.39 is 18.4 Å². The molecule has 2 rings (SSSR count). The van der Waals surface area contributed by atoms with Crippen molar-refractivity contribution in [3.8, 4) is 0 Å². The Morgan fingerprint density at radius 2 is 1.83 bits per heavy atom. The van der Waals surface area contributed by atoms with E-state index in [0.717, 1.165) is 11.6 Å². The van der Waals surface area contributed by atoms with Crippen molar-refractivity contribution < 1.29 is 24.4 Å². The largest absolute Gasteiger partial charge is 0.376 e. The summed E-state index contributed by atoms with van der Waals surface area (Å²) in [7, 11) is -4.83. The van der Waals surface area contributed by atoms with Gasteiger partial charge >= 0.3 is 7.60 Å². The van der Waals surface area contributed by atoms with Crippen molar-refractivity contribution in [3.63, 3.8) is 0 Å². The molecule has 0 aliphatic rings. The van der Waals surface area contributed by atoms with E-state index in [1.807, 2.05) is 30.3 Å². The first kappa shape index (κ1) is 18.6. The topological polar surface area (TPSA) is 121 Å². The third kappa shape index (κ3) is 4.90. The van der Waals surface area contributed by atoms with Crippen LogP contribution in [0.4, 0.5) is 5.69 Å². The molecule has 3 N–H and O–H groups in total. The number of hydrogen-bond donors (Lipinski definition) is 3. The van der Waals surface area contributed by atoms with Gasteiger partial charge in [-0.1, -0.05) is 30.3 Å². The Kier molecular flexibility index (Phi) is 6.15. The van der Waals surface area contributed by atoms with Gasteiger partial charge in [-0.3, -0.25) is 14.7 Å². The normalized spacial score (nSPS) is 12.8. The fourth-order valence-electron chi connectivity index (χ4n) is 2.09. The monoisotopic (exact) mass is 369 g/mol. The number of aliphatic hydroxyl groups excluding tert-OH is 1. The summed E-state index contributed by atoms with van der Waals surface area (Å²) < 4.78 is 11.3. The molecule has 0 radical (unpaired) electrons. The predicted octanol–water partition coefficient (Wildman–Crippen LogP) is 3.10. The van der Waals surface area contributed by atoms with E-state index in [1.54, 1.807) is 0 Å². The SMILES string of the molecule is O=[N+]([O-])c1ccc(SCCc2ccccc2)c(C(O)P(=O)(O)O)c1. The number of aliphatic hydroxyl groups is 1. The highest BCUT2D eigenvalue weighted by molar-refractivity contribution is 7.99. The number of rotatable bonds is 7. The standard InChI is InChI=1S/C15H16NO6PS/c17-15(23(20,21)22)13-10-12(16(18)19)6-7-14(13)24-9-8-11-4-2-1-3-5-11/h1-7,10,15,17H,8-9H2,(H2,20,21,22). The number of non-ortho nitro benzene ring substituents is 1. The minimum Gasteiger partial charge on any atom is -0.376 e. The smallest absolute Gasteiger partial charge is 0.358 e. The highest BCUT2D eigenvalue weighted by Crippen LogP contribution is 2.52. The van der Waals surface area contributed by atoms with Crippen LogP contribution >= 0.6 is 19.4 Å². The molecule has 1 atom stereocenters. The molecule has 0 spiro atoms. The average molecular weight is 369 g/mol. The molecule has 1 unspecified atom stereocenters. The van der Waals surface area contributed by atoms with Crippen LogP contribution in [0.15, 0.2) is 53.4 Å². The lowest BCUT2D eigenvalue weighted by Gasteiger charge is -2.16. The number of nitrogens with zero attached hydrogens (tertiary/aromatic N) is 1. The summed E-state index contributed by atoms with van der Waals surface area (Å²) in [6.45, 7) is 0. The van der Waals surface area contributed by atoms with Crippen molar-refractivity contribution in [2.24, 2.45) is 0 Å². The van der Waals surface area contributed by atoms with Crippen molar-refractivity contribution in [2.75, 3.05) is 5.75 Å². The van der Waals surface area contributed by atoms with E-state index >= 15 is 0 Å². The Morgan fingerprint density at radius 1 is 1.17 bits per heavy atom. The zero-order valence-electron chi connectivity index (χ0n) is 12.5. The predicted molar refractivity (Wildman–Crippen MR) is 91.0 cm³/mol. The fraction of sp³-hybridized carbons (Fsp3) is 0.200. The van der Waals surface area contributed by atoms with E-state index in [0.29, 0.717) is 17.1 Å². The van der Waals surface area contributed by atoms with Gasteiger partial charge in [0.2, 0.25) is 0 Å². The van der Waals surface area contributed by atoms with Gasteiger partial charge in [-0.25, -0.2) is 0 Å². The molecule has 24 heavy (non-hydrogen) atoms. The van der Waals surface area contributed by atoms with E-state index in [1.165, 1.54) is 23.9 Å². The van der Waals surface area contributed by atoms with Gasteiger partial charge < -0.3 is 14.9 Å². The van der Waals surface area contributed by atoms with Crippen molar-refractivity contribution in [3.05, 3.63) is 69.8 Å². The molecular weight excluding hydrogens is 353 g/mol. The van der Waals surface area contributed by atoms with Crippen LogP contribution in [0.25, 0.3) is 0 Å². The summed E-state index contributed by atoms with van der Waals surface area (Å²) in [5.41, 5.74) is 0.643. The molecule has 0 bridgehead atoms. The van der Waals surface area contributed by atoms with Gasteiger partial charge in [0.15, 0.2) is 5.85 Å². The molecule has 0 aliphatic carbocycles. The van der Waals surface area contributed by atoms with Crippen LogP contribution in [-0.4, -0.2) is 25.6 Å². The molecule has 0 saturated heterocycles. The number of nitro benzene ring substituents is 1. The lowest BCUT2D eigenvalue weighted by molar-refractivity contribution is -0.385. The Hall–Kier alpha value is -1.70. The Labute approximate surface area is 142 Å². The maximum atomic E-state index is 11.3. The molecule has 0 amide bonds. The maximum Gasteiger partial charge on any atom is 0.358 e. The molecule has 128 valence electrons. The zero-order valence-corrected chi connectivity index (χ0v) is 14.2. The quantitative estimate of drug-likeness (QED) is 0.297. The first-order valence-electron chi connectivity index (χ1n) is 6.97. The second-order valence-electron chi connectivity index (χ2n) is 5.03. The molecular formula is C15H16NO6PS. The molecule has 2 aromatic carbocycles. The summed E-state index contributed by atoms with van der Waals surface area (Å²) in [6.07, 6.45) is 0.716. The van der Waals surface area contributed by atoms with Gasteiger partial charge in [0.25, 0.3) is 5.69 Å². The van der Waals surface area contributed by atoms with Gasteiger partial charge in [0.1, 0.15) is 0 Å². The third-order valence-corrected chi connectivity index (χ3v) is 5.30. The van der Waals surface area contributed by atoms with Gasteiger partial charge in [-0.2, -0.15) is 0 Å². The lowest BCUT2D eigenvalue weighted by Crippen LogP contribution is -2.02. The molecule has 0 aromatic heterocycles. The van der Waals surface area contributed by atoms with Crippen LogP contribution in [0.5, 0.6) is 0 Å². The maximum absolute atomic E-state index is 11.3. The van der Waals surface area contributed by atoms with E-state index in [2.05, 4.69) is 0 Å². The number of benzene rings is 2. The van der Waals surface area contributed by atoms with Crippen molar-refractivity contribution in [2.45, 2.75) is 17.2 Å². The number of hydrogen-bond acceptors (Lipinski definition) is 5. The van der Waals surface area contributed by atoms with Crippen LogP contribution in [-0.2, 0) is 11.0 Å². The number of thioether (sulfide) groups is 1. The molecule has 9 heteroatoms. The first-order chi connectivity index (χ1) is 11.3. The Bertz CT molecular complexity index is 764. The second-order valence-corrected chi connectivity index (χ2v) is 7.83. The van der Waals surface area contributed by atoms with Crippen LogP contribution in [0.1, 0.15) is 17.0 Å².